The maximum Gasteiger partial charge on any atom is 0.143 e. The van der Waals surface area contributed by atoms with Gasteiger partial charge in [0.15, 0.2) is 0 Å². The summed E-state index contributed by atoms with van der Waals surface area (Å²) >= 11 is 0. The monoisotopic (exact) mass is 371 g/mol. The minimum atomic E-state index is 0.697. The summed E-state index contributed by atoms with van der Waals surface area (Å²) in [5.41, 5.74) is 8.51. The molecule has 0 heterocycles. The highest BCUT2D eigenvalue weighted by Crippen LogP contribution is 2.41. The molecular formula is C24H21NO3. The lowest BCUT2D eigenvalue weighted by atomic mass is 9.99. The van der Waals surface area contributed by atoms with Crippen molar-refractivity contribution in [3.63, 3.8) is 0 Å². The molecule has 0 aliphatic carbocycles. The molecule has 4 aromatic carbocycles. The van der Waals surface area contributed by atoms with E-state index in [9.17, 15) is 0 Å². The van der Waals surface area contributed by atoms with Gasteiger partial charge in [0.25, 0.3) is 0 Å². The number of hydrogen-bond acceptors (Lipinski definition) is 4. The van der Waals surface area contributed by atoms with Gasteiger partial charge in [0, 0.05) is 16.6 Å². The molecule has 0 spiro atoms. The molecule has 0 amide bonds. The van der Waals surface area contributed by atoms with Crippen molar-refractivity contribution < 1.29 is 14.2 Å². The zero-order valence-electron chi connectivity index (χ0n) is 15.8. The van der Waals surface area contributed by atoms with E-state index in [1.54, 1.807) is 14.2 Å². The third kappa shape index (κ3) is 3.45. The summed E-state index contributed by atoms with van der Waals surface area (Å²) in [6.45, 7) is 0. The Balaban J connectivity index is 1.91. The molecule has 0 aromatic heterocycles. The third-order valence-electron chi connectivity index (χ3n) is 4.66. The summed E-state index contributed by atoms with van der Waals surface area (Å²) in [4.78, 5) is 0. The predicted molar refractivity (Wildman–Crippen MR) is 113 cm³/mol. The first-order valence-corrected chi connectivity index (χ1v) is 8.96. The van der Waals surface area contributed by atoms with Crippen LogP contribution in [0.15, 0.2) is 78.9 Å². The molecule has 4 aromatic rings. The van der Waals surface area contributed by atoms with Crippen molar-refractivity contribution in [2.75, 3.05) is 20.0 Å². The quantitative estimate of drug-likeness (QED) is 0.444. The summed E-state index contributed by atoms with van der Waals surface area (Å²) in [5, 5.41) is 2.04. The van der Waals surface area contributed by atoms with Crippen LogP contribution in [-0.2, 0) is 0 Å². The maximum absolute atomic E-state index is 6.34. The number of ether oxygens (including phenoxy) is 3. The Morgan fingerprint density at radius 1 is 0.679 bits per heavy atom. The Morgan fingerprint density at radius 2 is 1.39 bits per heavy atom. The number of nitrogens with two attached hydrogens (primary N) is 1. The summed E-state index contributed by atoms with van der Waals surface area (Å²) in [6, 6.07) is 25.4. The molecular weight excluding hydrogens is 350 g/mol. The van der Waals surface area contributed by atoms with E-state index in [1.165, 1.54) is 0 Å². The lowest BCUT2D eigenvalue weighted by molar-refractivity contribution is 0.415. The molecule has 4 heteroatoms. The molecule has 2 N–H and O–H groups in total. The molecule has 0 saturated carbocycles. The van der Waals surface area contributed by atoms with Gasteiger partial charge in [0.1, 0.15) is 23.0 Å². The number of anilines is 1. The molecule has 4 nitrogen and oxygen atoms in total. The highest BCUT2D eigenvalue weighted by molar-refractivity contribution is 5.96. The minimum Gasteiger partial charge on any atom is -0.497 e. The average Bonchev–Trinajstić information content (AvgIpc) is 2.75. The number of methoxy groups -OCH3 is 2. The molecule has 0 aliphatic rings. The number of fused-ring (bicyclic) bond motifs is 1. The summed E-state index contributed by atoms with van der Waals surface area (Å²) in [6.07, 6.45) is 0. The highest BCUT2D eigenvalue weighted by Gasteiger charge is 2.14. The average molecular weight is 371 g/mol. The van der Waals surface area contributed by atoms with Crippen LogP contribution >= 0.6 is 0 Å². The van der Waals surface area contributed by atoms with E-state index < -0.39 is 0 Å². The second kappa shape index (κ2) is 7.53. The standard InChI is InChI=1S/C24H21NO3/c1-26-20-5-3-4-16(14-20)22-12-6-17-15-21(27-2)11-13-23(17)24(22)28-19-9-7-18(25)8-10-19/h3-15H,25H2,1-2H3. The van der Waals surface area contributed by atoms with Gasteiger partial charge in [-0.1, -0.05) is 18.2 Å². The van der Waals surface area contributed by atoms with Crippen molar-refractivity contribution in [1.82, 2.24) is 0 Å². The van der Waals surface area contributed by atoms with Crippen LogP contribution < -0.4 is 19.9 Å². The first kappa shape index (κ1) is 17.7. The summed E-state index contributed by atoms with van der Waals surface area (Å²) in [5.74, 6) is 3.10. The molecule has 0 fully saturated rings. The van der Waals surface area contributed by atoms with Crippen molar-refractivity contribution in [3.05, 3.63) is 78.9 Å². The SMILES string of the molecule is COc1cccc(-c2ccc3cc(OC)ccc3c2Oc2ccc(N)cc2)c1. The van der Waals surface area contributed by atoms with Crippen molar-refractivity contribution in [1.29, 1.82) is 0 Å². The van der Waals surface area contributed by atoms with E-state index >= 15 is 0 Å². The van der Waals surface area contributed by atoms with Gasteiger partial charge in [-0.15, -0.1) is 0 Å². The van der Waals surface area contributed by atoms with Crippen LogP contribution in [0.25, 0.3) is 21.9 Å². The Bertz CT molecular complexity index is 1120. The minimum absolute atomic E-state index is 0.697. The molecule has 0 bridgehead atoms. The Hall–Kier alpha value is -3.66. The molecule has 0 saturated heterocycles. The number of rotatable bonds is 5. The van der Waals surface area contributed by atoms with Crippen LogP contribution in [0, 0.1) is 0 Å². The third-order valence-corrected chi connectivity index (χ3v) is 4.66. The second-order valence-electron chi connectivity index (χ2n) is 6.43. The normalized spacial score (nSPS) is 10.6. The smallest absolute Gasteiger partial charge is 0.143 e. The van der Waals surface area contributed by atoms with E-state index in [-0.39, 0.29) is 0 Å². The first-order valence-electron chi connectivity index (χ1n) is 8.96. The van der Waals surface area contributed by atoms with E-state index in [0.717, 1.165) is 44.9 Å². The van der Waals surface area contributed by atoms with Gasteiger partial charge in [0.2, 0.25) is 0 Å². The Labute approximate surface area is 164 Å². The number of benzene rings is 4. The molecule has 140 valence electrons. The molecule has 0 unspecified atom stereocenters. The Kier molecular flexibility index (Phi) is 4.77. The zero-order chi connectivity index (χ0) is 19.5. The van der Waals surface area contributed by atoms with Gasteiger partial charge >= 0.3 is 0 Å². The number of nitrogen functional groups attached to an aromatic ring is 1. The van der Waals surface area contributed by atoms with Gasteiger partial charge < -0.3 is 19.9 Å². The van der Waals surface area contributed by atoms with Crippen LogP contribution in [-0.4, -0.2) is 14.2 Å². The first-order chi connectivity index (χ1) is 13.7. The fourth-order valence-corrected chi connectivity index (χ4v) is 3.19. The van der Waals surface area contributed by atoms with Gasteiger partial charge in [-0.3, -0.25) is 0 Å². The molecule has 0 aliphatic heterocycles. The summed E-state index contributed by atoms with van der Waals surface area (Å²) in [7, 11) is 3.33. The van der Waals surface area contributed by atoms with Gasteiger partial charge in [0.05, 0.1) is 14.2 Å². The van der Waals surface area contributed by atoms with E-state index in [0.29, 0.717) is 5.69 Å². The van der Waals surface area contributed by atoms with Crippen LogP contribution in [0.1, 0.15) is 0 Å². The summed E-state index contributed by atoms with van der Waals surface area (Å²) < 4.78 is 17.1. The van der Waals surface area contributed by atoms with Crippen LogP contribution in [0.2, 0.25) is 0 Å². The molecule has 4 rings (SSSR count). The van der Waals surface area contributed by atoms with Crippen LogP contribution in [0.4, 0.5) is 5.69 Å². The fraction of sp³-hybridized carbons (Fsp3) is 0.0833. The van der Waals surface area contributed by atoms with Crippen LogP contribution in [0.5, 0.6) is 23.0 Å². The number of hydrogen-bond donors (Lipinski definition) is 1. The van der Waals surface area contributed by atoms with Gasteiger partial charge in [-0.05, 0) is 71.6 Å². The van der Waals surface area contributed by atoms with Gasteiger partial charge in [-0.2, -0.15) is 0 Å². The van der Waals surface area contributed by atoms with E-state index in [2.05, 4.69) is 12.1 Å². The van der Waals surface area contributed by atoms with Crippen molar-refractivity contribution in [2.45, 2.75) is 0 Å². The topological polar surface area (TPSA) is 53.7 Å². The maximum atomic E-state index is 6.34. The zero-order valence-corrected chi connectivity index (χ0v) is 15.8. The van der Waals surface area contributed by atoms with Crippen molar-refractivity contribution >= 4 is 16.5 Å². The van der Waals surface area contributed by atoms with Crippen LogP contribution in [0.3, 0.4) is 0 Å². The molecule has 0 radical (unpaired) electrons. The molecule has 0 atom stereocenters. The predicted octanol–water partition coefficient (Wildman–Crippen LogP) is 5.90. The lowest BCUT2D eigenvalue weighted by Crippen LogP contribution is -1.92. The lowest BCUT2D eigenvalue weighted by Gasteiger charge is -2.16. The van der Waals surface area contributed by atoms with Gasteiger partial charge in [-0.25, -0.2) is 0 Å². The van der Waals surface area contributed by atoms with E-state index in [1.807, 2.05) is 66.7 Å². The van der Waals surface area contributed by atoms with Crippen molar-refractivity contribution in [2.24, 2.45) is 0 Å². The van der Waals surface area contributed by atoms with E-state index in [4.69, 9.17) is 19.9 Å². The highest BCUT2D eigenvalue weighted by atomic mass is 16.5. The van der Waals surface area contributed by atoms with Crippen molar-refractivity contribution in [3.8, 4) is 34.1 Å². The molecule has 28 heavy (non-hydrogen) atoms. The Morgan fingerprint density at radius 3 is 2.14 bits per heavy atom. The second-order valence-corrected chi connectivity index (χ2v) is 6.43. The largest absolute Gasteiger partial charge is 0.497 e. The fourth-order valence-electron chi connectivity index (χ4n) is 3.19.